The molecular formula is C8H7FIN2-. The summed E-state index contributed by atoms with van der Waals surface area (Å²) >= 11 is -0.00618. The molecule has 64 valence electrons. The molecule has 2 aromatic rings. The summed E-state index contributed by atoms with van der Waals surface area (Å²) in [6, 6.07) is 3.35. The molecule has 0 aliphatic heterocycles. The quantitative estimate of drug-likeness (QED) is 0.503. The van der Waals surface area contributed by atoms with Gasteiger partial charge in [0.25, 0.3) is 0 Å². The number of hydrogen-bond donors (Lipinski definition) is 1. The summed E-state index contributed by atoms with van der Waals surface area (Å²) < 4.78 is 14.3. The summed E-state index contributed by atoms with van der Waals surface area (Å²) in [5.74, 6) is -0.219. The normalized spacial score (nSPS) is 11.2. The number of nitrogens with one attached hydrogen (secondary N) is 1. The molecule has 0 saturated carbocycles. The van der Waals surface area contributed by atoms with Crippen LogP contribution in [0.3, 0.4) is 0 Å². The van der Waals surface area contributed by atoms with Gasteiger partial charge in [-0.1, -0.05) is 0 Å². The van der Waals surface area contributed by atoms with E-state index in [1.54, 1.807) is 6.20 Å². The summed E-state index contributed by atoms with van der Waals surface area (Å²) in [5, 5.41) is 7.41. The molecule has 1 aromatic carbocycles. The number of rotatable bonds is 1. The van der Waals surface area contributed by atoms with Crippen molar-refractivity contribution in [2.75, 3.05) is 4.93 Å². The van der Waals surface area contributed by atoms with E-state index in [0.29, 0.717) is 5.52 Å². The predicted molar refractivity (Wildman–Crippen MR) is 40.7 cm³/mol. The summed E-state index contributed by atoms with van der Waals surface area (Å²) in [6.45, 7) is 0. The van der Waals surface area contributed by atoms with Crippen molar-refractivity contribution in [1.82, 2.24) is 10.2 Å². The second-order valence-electron chi connectivity index (χ2n) is 2.38. The molecule has 2 rings (SSSR count). The van der Waals surface area contributed by atoms with Crippen LogP contribution in [-0.4, -0.2) is 15.1 Å². The molecule has 2 nitrogen and oxygen atoms in total. The van der Waals surface area contributed by atoms with Gasteiger partial charge in [-0.2, -0.15) is 0 Å². The van der Waals surface area contributed by atoms with Gasteiger partial charge >= 0.3 is 79.3 Å². The van der Waals surface area contributed by atoms with Crippen LogP contribution in [0, 0.1) is 9.39 Å². The molecule has 4 heteroatoms. The Bertz CT molecular complexity index is 410. The second-order valence-corrected chi connectivity index (χ2v) is 4.62. The number of halogens is 2. The maximum absolute atomic E-state index is 13.1. The molecule has 0 spiro atoms. The first-order valence-corrected chi connectivity index (χ1v) is 6.67. The number of fused-ring (bicyclic) bond motifs is 1. The Hall–Kier alpha value is -0.650. The topological polar surface area (TPSA) is 28.7 Å². The third-order valence-corrected chi connectivity index (χ3v) is 3.82. The number of hydrogen-bond acceptors (Lipinski definition) is 1. The zero-order valence-corrected chi connectivity index (χ0v) is 8.59. The van der Waals surface area contributed by atoms with Crippen LogP contribution in [0.1, 0.15) is 0 Å². The first kappa shape index (κ1) is 7.97. The van der Waals surface area contributed by atoms with Crippen LogP contribution in [0.2, 0.25) is 0 Å². The predicted octanol–water partition coefficient (Wildman–Crippen LogP) is -1.41. The third-order valence-electron chi connectivity index (χ3n) is 1.72. The van der Waals surface area contributed by atoms with Gasteiger partial charge in [0.2, 0.25) is 0 Å². The summed E-state index contributed by atoms with van der Waals surface area (Å²) in [4.78, 5) is 2.15. The van der Waals surface area contributed by atoms with Crippen molar-refractivity contribution in [3.8, 4) is 0 Å². The van der Waals surface area contributed by atoms with E-state index in [9.17, 15) is 4.39 Å². The maximum atomic E-state index is 13.1. The van der Waals surface area contributed by atoms with Gasteiger partial charge in [0.15, 0.2) is 0 Å². The zero-order valence-electron chi connectivity index (χ0n) is 6.44. The van der Waals surface area contributed by atoms with E-state index in [1.165, 1.54) is 9.64 Å². The summed E-state index contributed by atoms with van der Waals surface area (Å²) in [5.41, 5.74) is 0.536. The van der Waals surface area contributed by atoms with E-state index in [0.717, 1.165) is 5.39 Å². The molecule has 1 N–H and O–H groups in total. The number of alkyl halides is 1. The first-order chi connectivity index (χ1) is 5.83. The molecule has 0 radical (unpaired) electrons. The van der Waals surface area contributed by atoms with E-state index >= 15 is 0 Å². The SMILES string of the molecule is C[I-]c1ccc(F)c2[nH]ncc12. The van der Waals surface area contributed by atoms with Crippen molar-refractivity contribution in [2.45, 2.75) is 0 Å². The Kier molecular flexibility index (Phi) is 2.00. The van der Waals surface area contributed by atoms with Gasteiger partial charge in [-0.15, -0.1) is 0 Å². The molecule has 1 aromatic heterocycles. The minimum atomic E-state index is -0.219. The Balaban J connectivity index is 2.82. The van der Waals surface area contributed by atoms with Crippen LogP contribution in [0.4, 0.5) is 4.39 Å². The van der Waals surface area contributed by atoms with Crippen LogP contribution >= 0.6 is 0 Å². The molecule has 12 heavy (non-hydrogen) atoms. The first-order valence-electron chi connectivity index (χ1n) is 3.44. The van der Waals surface area contributed by atoms with E-state index in [1.807, 2.05) is 6.07 Å². The van der Waals surface area contributed by atoms with Crippen molar-refractivity contribution in [3.63, 3.8) is 0 Å². The molecule has 0 fully saturated rings. The van der Waals surface area contributed by atoms with Crippen LogP contribution in [0.15, 0.2) is 18.3 Å². The van der Waals surface area contributed by atoms with Crippen LogP contribution in [0.5, 0.6) is 0 Å². The van der Waals surface area contributed by atoms with Crippen LogP contribution in [0.25, 0.3) is 10.9 Å². The van der Waals surface area contributed by atoms with E-state index < -0.39 is 0 Å². The Morgan fingerprint density at radius 3 is 3.08 bits per heavy atom. The van der Waals surface area contributed by atoms with Gasteiger partial charge in [-0.05, 0) is 0 Å². The molecule has 0 bridgehead atoms. The Morgan fingerprint density at radius 1 is 1.50 bits per heavy atom. The minimum absolute atomic E-state index is 0.00618. The van der Waals surface area contributed by atoms with Crippen molar-refractivity contribution in [3.05, 3.63) is 27.7 Å². The van der Waals surface area contributed by atoms with Gasteiger partial charge in [0.1, 0.15) is 0 Å². The zero-order chi connectivity index (χ0) is 8.55. The Morgan fingerprint density at radius 2 is 2.33 bits per heavy atom. The van der Waals surface area contributed by atoms with Crippen LogP contribution in [-0.2, 0) is 0 Å². The third kappa shape index (κ3) is 1.10. The fourth-order valence-electron chi connectivity index (χ4n) is 1.13. The standard InChI is InChI=1S/C8H7FIN2/c1-10-7-3-2-6(9)8-5(7)4-11-12-8/h2-4H,1H3,(H,11,12)/q-1. The molecule has 0 saturated heterocycles. The molecular weight excluding hydrogens is 270 g/mol. The monoisotopic (exact) mass is 277 g/mol. The molecule has 1 heterocycles. The molecule has 0 atom stereocenters. The number of H-pyrrole nitrogens is 1. The number of aromatic nitrogens is 2. The van der Waals surface area contributed by atoms with E-state index in [2.05, 4.69) is 15.1 Å². The van der Waals surface area contributed by atoms with Gasteiger partial charge in [-0.3, -0.25) is 0 Å². The Labute approximate surface area is 79.4 Å². The molecule has 0 aliphatic carbocycles. The van der Waals surface area contributed by atoms with Gasteiger partial charge < -0.3 is 0 Å². The van der Waals surface area contributed by atoms with Crippen molar-refractivity contribution in [2.24, 2.45) is 0 Å². The molecule has 0 aliphatic rings. The number of nitrogens with zero attached hydrogens (tertiary/aromatic N) is 1. The van der Waals surface area contributed by atoms with Crippen molar-refractivity contribution < 1.29 is 25.6 Å². The van der Waals surface area contributed by atoms with Crippen molar-refractivity contribution >= 4 is 10.9 Å². The van der Waals surface area contributed by atoms with Crippen LogP contribution < -0.4 is 21.2 Å². The van der Waals surface area contributed by atoms with E-state index in [4.69, 9.17) is 0 Å². The van der Waals surface area contributed by atoms with E-state index in [-0.39, 0.29) is 27.0 Å². The number of aromatic amines is 1. The van der Waals surface area contributed by atoms with Gasteiger partial charge in [0, 0.05) is 0 Å². The summed E-state index contributed by atoms with van der Waals surface area (Å²) in [6.07, 6.45) is 1.69. The number of benzene rings is 1. The average molecular weight is 277 g/mol. The summed E-state index contributed by atoms with van der Waals surface area (Å²) in [7, 11) is 0. The fraction of sp³-hybridized carbons (Fsp3) is 0.125. The average Bonchev–Trinajstić information content (AvgIpc) is 2.54. The fourth-order valence-corrected chi connectivity index (χ4v) is 2.66. The molecule has 0 unspecified atom stereocenters. The van der Waals surface area contributed by atoms with Crippen molar-refractivity contribution in [1.29, 1.82) is 0 Å². The van der Waals surface area contributed by atoms with Gasteiger partial charge in [0.05, 0.1) is 0 Å². The second kappa shape index (κ2) is 3.01. The molecule has 0 amide bonds. The van der Waals surface area contributed by atoms with Gasteiger partial charge in [-0.25, -0.2) is 0 Å².